The summed E-state index contributed by atoms with van der Waals surface area (Å²) in [6.07, 6.45) is 17.3. The van der Waals surface area contributed by atoms with Crippen molar-refractivity contribution < 1.29 is 9.53 Å². The van der Waals surface area contributed by atoms with Crippen LogP contribution in [-0.4, -0.2) is 12.6 Å². The summed E-state index contributed by atoms with van der Waals surface area (Å²) in [5.74, 6) is 3.35. The molecule has 0 radical (unpaired) electrons. The molecule has 23 heavy (non-hydrogen) atoms. The van der Waals surface area contributed by atoms with Crippen LogP contribution in [0.15, 0.2) is 12.2 Å². The van der Waals surface area contributed by atoms with Crippen molar-refractivity contribution >= 4 is 5.97 Å². The monoisotopic (exact) mass is 316 g/mol. The van der Waals surface area contributed by atoms with Crippen LogP contribution < -0.4 is 0 Å². The molecule has 0 saturated heterocycles. The van der Waals surface area contributed by atoms with Gasteiger partial charge in [-0.05, 0) is 74.0 Å². The van der Waals surface area contributed by atoms with Crippen molar-refractivity contribution in [2.24, 2.45) is 34.5 Å². The van der Waals surface area contributed by atoms with Gasteiger partial charge in [-0.15, -0.1) is 0 Å². The highest BCUT2D eigenvalue weighted by Gasteiger charge is 2.57. The first kappa shape index (κ1) is 15.7. The minimum absolute atomic E-state index is 0.122. The van der Waals surface area contributed by atoms with Crippen LogP contribution in [0, 0.1) is 34.5 Å². The molecule has 128 valence electrons. The fourth-order valence-corrected chi connectivity index (χ4v) is 7.07. The fourth-order valence-electron chi connectivity index (χ4n) is 7.07. The number of ether oxygens (including phenoxy) is 1. The predicted molar refractivity (Wildman–Crippen MR) is 91.8 cm³/mol. The van der Waals surface area contributed by atoms with Gasteiger partial charge in [0.2, 0.25) is 0 Å². The van der Waals surface area contributed by atoms with Crippen LogP contribution in [0.4, 0.5) is 0 Å². The van der Waals surface area contributed by atoms with Gasteiger partial charge in [0.25, 0.3) is 0 Å². The maximum Gasteiger partial charge on any atom is 0.302 e. The van der Waals surface area contributed by atoms with Gasteiger partial charge >= 0.3 is 5.97 Å². The molecule has 4 aliphatic rings. The lowest BCUT2D eigenvalue weighted by atomic mass is 9.45. The molecule has 6 atom stereocenters. The zero-order chi connectivity index (χ0) is 16.1. The summed E-state index contributed by atoms with van der Waals surface area (Å²) in [4.78, 5) is 11.3. The van der Waals surface area contributed by atoms with Crippen molar-refractivity contribution in [3.8, 4) is 0 Å². The van der Waals surface area contributed by atoms with E-state index in [9.17, 15) is 4.79 Å². The number of carbonyl (C=O) groups is 1. The SMILES string of the molecule is CC(=O)OC[C@@]12C=CC[C@H]1[C@@H]1CCC3CCCC[C@]3(C)[C@H]1CC2. The standard InChI is InChI=1S/C21H32O2/c1-15(22)23-14-21-12-5-7-19(21)17-9-8-16-6-3-4-11-20(16,2)18(17)10-13-21/h5,12,16-19H,3-4,6-11,13-14H2,1-2H3/t16?,17-,18+,19+,20+,21+/m1/s1. The van der Waals surface area contributed by atoms with E-state index in [-0.39, 0.29) is 11.4 Å². The second kappa shape index (κ2) is 5.63. The van der Waals surface area contributed by atoms with E-state index in [2.05, 4.69) is 19.1 Å². The molecule has 0 heterocycles. The Morgan fingerprint density at radius 1 is 1.13 bits per heavy atom. The van der Waals surface area contributed by atoms with Crippen molar-refractivity contribution in [2.75, 3.05) is 6.61 Å². The van der Waals surface area contributed by atoms with Gasteiger partial charge in [0.15, 0.2) is 0 Å². The van der Waals surface area contributed by atoms with Crippen LogP contribution in [0.25, 0.3) is 0 Å². The summed E-state index contributed by atoms with van der Waals surface area (Å²) in [7, 11) is 0. The van der Waals surface area contributed by atoms with Gasteiger partial charge in [0, 0.05) is 12.3 Å². The lowest BCUT2D eigenvalue weighted by molar-refractivity contribution is -0.151. The van der Waals surface area contributed by atoms with Gasteiger partial charge in [0.05, 0.1) is 0 Å². The number of hydrogen-bond donors (Lipinski definition) is 0. The van der Waals surface area contributed by atoms with E-state index in [0.717, 1.165) is 23.7 Å². The van der Waals surface area contributed by atoms with Crippen molar-refractivity contribution in [2.45, 2.75) is 71.6 Å². The van der Waals surface area contributed by atoms with E-state index in [1.165, 1.54) is 57.8 Å². The Kier molecular flexibility index (Phi) is 3.85. The lowest BCUT2D eigenvalue weighted by Crippen LogP contribution is -2.53. The molecule has 0 N–H and O–H groups in total. The Labute approximate surface area is 141 Å². The Bertz CT molecular complexity index is 510. The van der Waals surface area contributed by atoms with Crippen LogP contribution in [0.1, 0.15) is 71.6 Å². The number of fused-ring (bicyclic) bond motifs is 5. The van der Waals surface area contributed by atoms with E-state index >= 15 is 0 Å². The van der Waals surface area contributed by atoms with E-state index in [0.29, 0.717) is 12.0 Å². The molecule has 0 spiro atoms. The third-order valence-electron chi connectivity index (χ3n) is 8.22. The first-order valence-electron chi connectivity index (χ1n) is 9.86. The van der Waals surface area contributed by atoms with Crippen molar-refractivity contribution in [3.63, 3.8) is 0 Å². The molecule has 2 nitrogen and oxygen atoms in total. The summed E-state index contributed by atoms with van der Waals surface area (Å²) < 4.78 is 5.51. The fraction of sp³-hybridized carbons (Fsp3) is 0.857. The Morgan fingerprint density at radius 3 is 2.83 bits per heavy atom. The van der Waals surface area contributed by atoms with E-state index < -0.39 is 0 Å². The highest BCUT2D eigenvalue weighted by atomic mass is 16.5. The zero-order valence-electron chi connectivity index (χ0n) is 14.9. The molecule has 1 unspecified atom stereocenters. The average molecular weight is 316 g/mol. The second-order valence-electron chi connectivity index (χ2n) is 9.09. The Morgan fingerprint density at radius 2 is 2.00 bits per heavy atom. The molecule has 3 fully saturated rings. The van der Waals surface area contributed by atoms with Gasteiger partial charge in [-0.1, -0.05) is 31.9 Å². The van der Waals surface area contributed by atoms with Crippen molar-refractivity contribution in [1.29, 1.82) is 0 Å². The van der Waals surface area contributed by atoms with Crippen LogP contribution in [0.5, 0.6) is 0 Å². The molecule has 0 aromatic heterocycles. The highest BCUT2D eigenvalue weighted by Crippen LogP contribution is 2.65. The molecule has 0 bridgehead atoms. The first-order valence-corrected chi connectivity index (χ1v) is 9.86. The summed E-state index contributed by atoms with van der Waals surface area (Å²) >= 11 is 0. The molecule has 4 rings (SSSR count). The molecule has 0 aromatic rings. The van der Waals surface area contributed by atoms with Crippen LogP contribution in [0.3, 0.4) is 0 Å². The topological polar surface area (TPSA) is 26.3 Å². The van der Waals surface area contributed by atoms with Gasteiger partial charge in [-0.2, -0.15) is 0 Å². The molecule has 0 aliphatic heterocycles. The smallest absolute Gasteiger partial charge is 0.302 e. The lowest BCUT2D eigenvalue weighted by Gasteiger charge is -2.60. The Hall–Kier alpha value is -0.790. The summed E-state index contributed by atoms with van der Waals surface area (Å²) in [6, 6.07) is 0. The van der Waals surface area contributed by atoms with E-state index in [1.54, 1.807) is 6.92 Å². The molecule has 2 heteroatoms. The largest absolute Gasteiger partial charge is 0.465 e. The number of rotatable bonds is 2. The van der Waals surface area contributed by atoms with Gasteiger partial charge in [0.1, 0.15) is 6.61 Å². The molecule has 4 aliphatic carbocycles. The quantitative estimate of drug-likeness (QED) is 0.521. The number of allylic oxidation sites excluding steroid dienone is 1. The summed E-state index contributed by atoms with van der Waals surface area (Å²) in [5.41, 5.74) is 0.752. The minimum atomic E-state index is -0.122. The third kappa shape index (κ3) is 2.39. The minimum Gasteiger partial charge on any atom is -0.465 e. The normalized spacial score (nSPS) is 48.3. The molecule has 0 aromatic carbocycles. The van der Waals surface area contributed by atoms with Gasteiger partial charge in [-0.25, -0.2) is 0 Å². The number of esters is 1. The zero-order valence-corrected chi connectivity index (χ0v) is 14.9. The average Bonchev–Trinajstić information content (AvgIpc) is 2.97. The second-order valence-corrected chi connectivity index (χ2v) is 9.09. The summed E-state index contributed by atoms with van der Waals surface area (Å²) in [6.45, 7) is 4.78. The predicted octanol–water partition coefficient (Wildman–Crippen LogP) is 5.13. The highest BCUT2D eigenvalue weighted by molar-refractivity contribution is 5.66. The molecule has 0 amide bonds. The Balaban J connectivity index is 1.58. The van der Waals surface area contributed by atoms with Crippen LogP contribution in [-0.2, 0) is 9.53 Å². The first-order chi connectivity index (χ1) is 11.1. The summed E-state index contributed by atoms with van der Waals surface area (Å²) in [5, 5.41) is 0. The van der Waals surface area contributed by atoms with E-state index in [4.69, 9.17) is 4.74 Å². The van der Waals surface area contributed by atoms with Crippen molar-refractivity contribution in [1.82, 2.24) is 0 Å². The van der Waals surface area contributed by atoms with Crippen molar-refractivity contribution in [3.05, 3.63) is 12.2 Å². The third-order valence-corrected chi connectivity index (χ3v) is 8.22. The van der Waals surface area contributed by atoms with Crippen LogP contribution in [0.2, 0.25) is 0 Å². The van der Waals surface area contributed by atoms with Crippen LogP contribution >= 0.6 is 0 Å². The molecule has 3 saturated carbocycles. The molecular formula is C21H32O2. The number of hydrogen-bond acceptors (Lipinski definition) is 2. The van der Waals surface area contributed by atoms with E-state index in [1.807, 2.05) is 0 Å². The maximum atomic E-state index is 11.3. The maximum absolute atomic E-state index is 11.3. The number of carbonyl (C=O) groups excluding carboxylic acids is 1. The van der Waals surface area contributed by atoms with Gasteiger partial charge < -0.3 is 4.74 Å². The molecular weight excluding hydrogens is 284 g/mol. The van der Waals surface area contributed by atoms with Gasteiger partial charge in [-0.3, -0.25) is 4.79 Å².